The molecule has 0 saturated carbocycles. The third-order valence-electron chi connectivity index (χ3n) is 2.93. The maximum Gasteiger partial charge on any atom is 0.159 e. The summed E-state index contributed by atoms with van der Waals surface area (Å²) in [5, 5.41) is 10.3. The summed E-state index contributed by atoms with van der Waals surface area (Å²) < 4.78 is 13.7. The molecule has 19 heavy (non-hydrogen) atoms. The topological polar surface area (TPSA) is 79.6 Å². The Labute approximate surface area is 108 Å². The number of aromatic amines is 1. The maximum absolute atomic E-state index is 13.7. The number of aromatic nitrogens is 3. The fourth-order valence-electron chi connectivity index (χ4n) is 1.91. The molecular weight excluding hydrogens is 245 g/mol. The number of halogens is 1. The van der Waals surface area contributed by atoms with Crippen LogP contribution in [0.15, 0.2) is 30.3 Å². The van der Waals surface area contributed by atoms with Crippen LogP contribution in [0.3, 0.4) is 0 Å². The first-order valence-electron chi connectivity index (χ1n) is 5.78. The molecule has 0 atom stereocenters. The van der Waals surface area contributed by atoms with Gasteiger partial charge >= 0.3 is 0 Å². The molecular formula is C13H12FN5. The molecule has 0 spiro atoms. The van der Waals surface area contributed by atoms with Crippen molar-refractivity contribution in [3.63, 3.8) is 0 Å². The molecule has 2 aromatic heterocycles. The van der Waals surface area contributed by atoms with E-state index in [2.05, 4.69) is 20.5 Å². The summed E-state index contributed by atoms with van der Waals surface area (Å²) in [4.78, 5) is 4.30. The molecule has 0 amide bonds. The number of nitrogens with one attached hydrogen (secondary N) is 2. The van der Waals surface area contributed by atoms with Crippen molar-refractivity contribution in [2.75, 3.05) is 11.1 Å². The van der Waals surface area contributed by atoms with Crippen LogP contribution >= 0.6 is 0 Å². The Morgan fingerprint density at radius 3 is 2.89 bits per heavy atom. The van der Waals surface area contributed by atoms with Gasteiger partial charge in [-0.15, -0.1) is 0 Å². The molecule has 4 N–H and O–H groups in total. The highest BCUT2D eigenvalue weighted by atomic mass is 19.1. The van der Waals surface area contributed by atoms with Crippen molar-refractivity contribution >= 4 is 28.4 Å². The van der Waals surface area contributed by atoms with Gasteiger partial charge < -0.3 is 11.1 Å². The number of H-pyrrole nitrogens is 1. The van der Waals surface area contributed by atoms with Crippen LogP contribution in [0.2, 0.25) is 0 Å². The van der Waals surface area contributed by atoms with Crippen molar-refractivity contribution < 1.29 is 4.39 Å². The molecule has 0 saturated heterocycles. The zero-order valence-corrected chi connectivity index (χ0v) is 10.2. The minimum absolute atomic E-state index is 0.314. The highest BCUT2D eigenvalue weighted by molar-refractivity contribution is 5.87. The average Bonchev–Trinajstić information content (AvgIpc) is 2.76. The van der Waals surface area contributed by atoms with Gasteiger partial charge in [0.15, 0.2) is 11.5 Å². The third kappa shape index (κ3) is 1.97. The largest absolute Gasteiger partial charge is 0.382 e. The molecule has 3 rings (SSSR count). The first-order valence-corrected chi connectivity index (χ1v) is 5.78. The number of aryl methyl sites for hydroxylation is 1. The van der Waals surface area contributed by atoms with Crippen LogP contribution in [0.25, 0.3) is 11.0 Å². The van der Waals surface area contributed by atoms with Crippen LogP contribution in [-0.4, -0.2) is 15.2 Å². The van der Waals surface area contributed by atoms with Gasteiger partial charge in [-0.2, -0.15) is 5.10 Å². The first kappa shape index (κ1) is 11.5. The second kappa shape index (κ2) is 4.24. The number of nitrogen functional groups attached to an aromatic ring is 1. The summed E-state index contributed by atoms with van der Waals surface area (Å²) in [5.74, 6) is 0.617. The second-order valence-electron chi connectivity index (χ2n) is 4.26. The SMILES string of the molecule is Cc1cccc(F)c1Nc1ccc2c(N)n[nH]c2n1. The normalized spacial score (nSPS) is 10.8. The summed E-state index contributed by atoms with van der Waals surface area (Å²) in [6.45, 7) is 1.83. The summed E-state index contributed by atoms with van der Waals surface area (Å²) in [6.07, 6.45) is 0. The predicted molar refractivity (Wildman–Crippen MR) is 72.7 cm³/mol. The predicted octanol–water partition coefficient (Wildman–Crippen LogP) is 2.73. The number of fused-ring (bicyclic) bond motifs is 1. The van der Waals surface area contributed by atoms with E-state index in [1.165, 1.54) is 6.07 Å². The number of pyridine rings is 1. The monoisotopic (exact) mass is 257 g/mol. The van der Waals surface area contributed by atoms with E-state index in [1.54, 1.807) is 18.2 Å². The van der Waals surface area contributed by atoms with Crippen LogP contribution < -0.4 is 11.1 Å². The lowest BCUT2D eigenvalue weighted by atomic mass is 10.2. The summed E-state index contributed by atoms with van der Waals surface area (Å²) in [7, 11) is 0. The number of hydrogen-bond acceptors (Lipinski definition) is 4. The molecule has 0 bridgehead atoms. The Bertz CT molecular complexity index is 730. The first-order chi connectivity index (χ1) is 9.15. The fraction of sp³-hybridized carbons (Fsp3) is 0.0769. The molecule has 0 aliphatic carbocycles. The smallest absolute Gasteiger partial charge is 0.159 e. The van der Waals surface area contributed by atoms with Gasteiger partial charge in [-0.1, -0.05) is 12.1 Å². The molecule has 0 aliphatic rings. The van der Waals surface area contributed by atoms with Gasteiger partial charge in [-0.05, 0) is 30.7 Å². The maximum atomic E-state index is 13.7. The lowest BCUT2D eigenvalue weighted by molar-refractivity contribution is 0.631. The van der Waals surface area contributed by atoms with E-state index in [1.807, 2.05) is 13.0 Å². The fourth-order valence-corrected chi connectivity index (χ4v) is 1.91. The van der Waals surface area contributed by atoms with Gasteiger partial charge in [0, 0.05) is 0 Å². The van der Waals surface area contributed by atoms with Crippen LogP contribution in [0.4, 0.5) is 21.7 Å². The number of benzene rings is 1. The van der Waals surface area contributed by atoms with Gasteiger partial charge in [0.2, 0.25) is 0 Å². The van der Waals surface area contributed by atoms with Crippen molar-refractivity contribution in [2.45, 2.75) is 6.92 Å². The Balaban J connectivity index is 2.01. The molecule has 96 valence electrons. The quantitative estimate of drug-likeness (QED) is 0.659. The van der Waals surface area contributed by atoms with Crippen molar-refractivity contribution in [3.8, 4) is 0 Å². The van der Waals surface area contributed by atoms with Crippen LogP contribution in [0.1, 0.15) is 5.56 Å². The Kier molecular flexibility index (Phi) is 2.56. The Morgan fingerprint density at radius 1 is 1.26 bits per heavy atom. The van der Waals surface area contributed by atoms with Crippen molar-refractivity contribution in [1.29, 1.82) is 0 Å². The number of nitrogens with two attached hydrogens (primary N) is 1. The van der Waals surface area contributed by atoms with E-state index in [-0.39, 0.29) is 5.82 Å². The highest BCUT2D eigenvalue weighted by Crippen LogP contribution is 2.24. The molecule has 0 aliphatic heterocycles. The van der Waals surface area contributed by atoms with E-state index in [4.69, 9.17) is 5.73 Å². The highest BCUT2D eigenvalue weighted by Gasteiger charge is 2.08. The third-order valence-corrected chi connectivity index (χ3v) is 2.93. The van der Waals surface area contributed by atoms with Gasteiger partial charge in [0.25, 0.3) is 0 Å². The van der Waals surface area contributed by atoms with Gasteiger partial charge in [0.05, 0.1) is 11.1 Å². The van der Waals surface area contributed by atoms with Crippen molar-refractivity contribution in [3.05, 3.63) is 41.7 Å². The number of para-hydroxylation sites is 1. The van der Waals surface area contributed by atoms with E-state index >= 15 is 0 Å². The second-order valence-corrected chi connectivity index (χ2v) is 4.26. The zero-order valence-electron chi connectivity index (χ0n) is 10.2. The molecule has 0 radical (unpaired) electrons. The van der Waals surface area contributed by atoms with Gasteiger partial charge in [-0.25, -0.2) is 9.37 Å². The van der Waals surface area contributed by atoms with E-state index < -0.39 is 0 Å². The van der Waals surface area contributed by atoms with E-state index in [0.717, 1.165) is 10.9 Å². The zero-order chi connectivity index (χ0) is 13.4. The number of anilines is 3. The van der Waals surface area contributed by atoms with Gasteiger partial charge in [-0.3, -0.25) is 5.10 Å². The lowest BCUT2D eigenvalue weighted by Gasteiger charge is -2.09. The van der Waals surface area contributed by atoms with Crippen LogP contribution in [-0.2, 0) is 0 Å². The van der Waals surface area contributed by atoms with E-state index in [0.29, 0.717) is 23.0 Å². The number of rotatable bonds is 2. The molecule has 0 unspecified atom stereocenters. The Hall–Kier alpha value is -2.63. The number of hydrogen-bond donors (Lipinski definition) is 3. The molecule has 1 aromatic carbocycles. The summed E-state index contributed by atoms with van der Waals surface area (Å²) in [5.41, 5.74) is 7.46. The molecule has 0 fully saturated rings. The molecule has 3 aromatic rings. The summed E-state index contributed by atoms with van der Waals surface area (Å²) in [6, 6.07) is 8.43. The standard InChI is InChI=1S/C13H12FN5/c1-7-3-2-4-9(14)11(7)16-10-6-5-8-12(15)18-19-13(8)17-10/h2-6H,1H3,(H4,15,16,17,18,19). The van der Waals surface area contributed by atoms with Crippen molar-refractivity contribution in [1.82, 2.24) is 15.2 Å². The van der Waals surface area contributed by atoms with Crippen molar-refractivity contribution in [2.24, 2.45) is 0 Å². The number of nitrogens with zero attached hydrogens (tertiary/aromatic N) is 2. The van der Waals surface area contributed by atoms with E-state index in [9.17, 15) is 4.39 Å². The van der Waals surface area contributed by atoms with Gasteiger partial charge in [0.1, 0.15) is 11.6 Å². The minimum Gasteiger partial charge on any atom is -0.382 e. The minimum atomic E-state index is -0.314. The summed E-state index contributed by atoms with van der Waals surface area (Å²) >= 11 is 0. The molecule has 2 heterocycles. The van der Waals surface area contributed by atoms with Crippen LogP contribution in [0.5, 0.6) is 0 Å². The average molecular weight is 257 g/mol. The molecule has 6 heteroatoms. The Morgan fingerprint density at radius 2 is 2.11 bits per heavy atom. The lowest BCUT2D eigenvalue weighted by Crippen LogP contribution is -1.98. The molecule has 5 nitrogen and oxygen atoms in total. The van der Waals surface area contributed by atoms with Crippen LogP contribution in [0, 0.1) is 12.7 Å².